The Morgan fingerprint density at radius 1 is 1.31 bits per heavy atom. The zero-order valence-corrected chi connectivity index (χ0v) is 16.4. The Balaban J connectivity index is 2.01. The van der Waals surface area contributed by atoms with Crippen LogP contribution >= 0.6 is 0 Å². The summed E-state index contributed by atoms with van der Waals surface area (Å²) in [5.74, 6) is 3.62. The molecule has 0 saturated carbocycles. The van der Waals surface area contributed by atoms with E-state index in [2.05, 4.69) is 29.5 Å². The van der Waals surface area contributed by atoms with Gasteiger partial charge in [0.15, 0.2) is 5.96 Å². The van der Waals surface area contributed by atoms with Crippen LogP contribution in [-0.4, -0.2) is 30.7 Å². The third kappa shape index (κ3) is 5.95. The van der Waals surface area contributed by atoms with Gasteiger partial charge in [0.25, 0.3) is 0 Å². The molecule has 0 bridgehead atoms. The van der Waals surface area contributed by atoms with E-state index in [1.807, 2.05) is 32.0 Å². The molecule has 0 spiro atoms. The van der Waals surface area contributed by atoms with E-state index in [1.165, 1.54) is 0 Å². The average Bonchev–Trinajstić information content (AvgIpc) is 3.19. The van der Waals surface area contributed by atoms with Crippen LogP contribution in [0.5, 0.6) is 0 Å². The van der Waals surface area contributed by atoms with Crippen molar-refractivity contribution < 1.29 is 13.9 Å². The lowest BCUT2D eigenvalue weighted by Gasteiger charge is -2.22. The van der Waals surface area contributed by atoms with Crippen LogP contribution in [0, 0.1) is 19.8 Å². The van der Waals surface area contributed by atoms with Gasteiger partial charge in [-0.3, -0.25) is 0 Å². The predicted molar refractivity (Wildman–Crippen MR) is 103 cm³/mol. The number of furan rings is 2. The molecule has 2 heterocycles. The topological polar surface area (TPSA) is 82.9 Å². The number of nitrogens with one attached hydrogen (secondary N) is 2. The maximum Gasteiger partial charge on any atom is 0.191 e. The lowest BCUT2D eigenvalue weighted by Crippen LogP contribution is -2.41. The monoisotopic (exact) mass is 361 g/mol. The van der Waals surface area contributed by atoms with Gasteiger partial charge in [0.2, 0.25) is 0 Å². The van der Waals surface area contributed by atoms with Crippen LogP contribution in [0.2, 0.25) is 0 Å². The van der Waals surface area contributed by atoms with Crippen LogP contribution in [0.25, 0.3) is 0 Å². The van der Waals surface area contributed by atoms with Crippen molar-refractivity contribution >= 4 is 5.96 Å². The van der Waals surface area contributed by atoms with Gasteiger partial charge in [0.05, 0.1) is 12.8 Å². The highest BCUT2D eigenvalue weighted by Crippen LogP contribution is 2.27. The molecule has 2 rings (SSSR count). The molecule has 1 unspecified atom stereocenters. The molecule has 26 heavy (non-hydrogen) atoms. The summed E-state index contributed by atoms with van der Waals surface area (Å²) in [6.07, 6.45) is 2.44. The summed E-state index contributed by atoms with van der Waals surface area (Å²) < 4.78 is 10.9. The molecule has 1 atom stereocenters. The quantitative estimate of drug-likeness (QED) is 0.497. The number of rotatable bonds is 8. The highest BCUT2D eigenvalue weighted by Gasteiger charge is 2.27. The minimum Gasteiger partial charge on any atom is -0.469 e. The Labute approximate surface area is 155 Å². The second-order valence-corrected chi connectivity index (χ2v) is 7.30. The minimum atomic E-state index is -1.09. The third-order valence-electron chi connectivity index (χ3n) is 4.09. The summed E-state index contributed by atoms with van der Waals surface area (Å²) in [5, 5.41) is 17.5. The smallest absolute Gasteiger partial charge is 0.191 e. The zero-order chi connectivity index (χ0) is 19.2. The molecular formula is C20H31N3O3. The molecule has 3 N–H and O–H groups in total. The first-order valence-corrected chi connectivity index (χ1v) is 9.12. The van der Waals surface area contributed by atoms with Crippen LogP contribution < -0.4 is 10.6 Å². The van der Waals surface area contributed by atoms with E-state index >= 15 is 0 Å². The van der Waals surface area contributed by atoms with Crippen molar-refractivity contribution in [3.05, 3.63) is 47.3 Å². The van der Waals surface area contributed by atoms with Crippen molar-refractivity contribution in [1.29, 1.82) is 0 Å². The molecule has 0 fully saturated rings. The molecule has 0 aliphatic rings. The van der Waals surface area contributed by atoms with Crippen molar-refractivity contribution in [2.45, 2.75) is 46.6 Å². The summed E-state index contributed by atoms with van der Waals surface area (Å²) in [4.78, 5) is 4.59. The lowest BCUT2D eigenvalue weighted by atomic mass is 9.96. The van der Waals surface area contributed by atoms with Crippen LogP contribution in [-0.2, 0) is 12.0 Å². The Hall–Kier alpha value is -2.21. The standard InChI is InChI=1S/C20H31N3O3/c1-14(2)12-22-19(21-9-8-17-7-6-10-25-17)23-13-20(5,24)18-11-15(3)26-16(18)4/h6-7,10-11,14,24H,8-9,12-13H2,1-5H3,(H2,21,22,23). The number of hydrogen-bond donors (Lipinski definition) is 3. The molecule has 6 heteroatoms. The third-order valence-corrected chi connectivity index (χ3v) is 4.09. The fourth-order valence-corrected chi connectivity index (χ4v) is 2.72. The maximum absolute atomic E-state index is 10.8. The molecule has 0 aliphatic heterocycles. The SMILES string of the molecule is Cc1cc(C(C)(O)CN=C(NCCc2ccco2)NCC(C)C)c(C)o1. The number of aliphatic imine (C=N–C) groups is 1. The molecule has 0 aliphatic carbocycles. The molecular weight excluding hydrogens is 330 g/mol. The van der Waals surface area contributed by atoms with Crippen LogP contribution in [0.3, 0.4) is 0 Å². The first-order chi connectivity index (χ1) is 12.3. The maximum atomic E-state index is 10.8. The first kappa shape index (κ1) is 20.1. The summed E-state index contributed by atoms with van der Waals surface area (Å²) >= 11 is 0. The first-order valence-electron chi connectivity index (χ1n) is 9.12. The van der Waals surface area contributed by atoms with E-state index in [0.29, 0.717) is 18.4 Å². The Kier molecular flexibility index (Phi) is 6.91. The van der Waals surface area contributed by atoms with E-state index in [4.69, 9.17) is 8.83 Å². The van der Waals surface area contributed by atoms with E-state index in [-0.39, 0.29) is 6.54 Å². The van der Waals surface area contributed by atoms with Crippen molar-refractivity contribution in [3.63, 3.8) is 0 Å². The second-order valence-electron chi connectivity index (χ2n) is 7.30. The number of guanidine groups is 1. The van der Waals surface area contributed by atoms with Gasteiger partial charge in [-0.15, -0.1) is 0 Å². The normalized spacial score (nSPS) is 14.5. The zero-order valence-electron chi connectivity index (χ0n) is 16.4. The van der Waals surface area contributed by atoms with E-state index in [9.17, 15) is 5.11 Å². The summed E-state index contributed by atoms with van der Waals surface area (Å²) in [5.41, 5.74) is -0.312. The highest BCUT2D eigenvalue weighted by atomic mass is 16.3. The van der Waals surface area contributed by atoms with Crippen molar-refractivity contribution in [3.8, 4) is 0 Å². The summed E-state index contributed by atoms with van der Waals surface area (Å²) in [6.45, 7) is 11.5. The molecule has 144 valence electrons. The fourth-order valence-electron chi connectivity index (χ4n) is 2.72. The van der Waals surface area contributed by atoms with Gasteiger partial charge in [-0.2, -0.15) is 0 Å². The van der Waals surface area contributed by atoms with E-state index in [1.54, 1.807) is 13.2 Å². The minimum absolute atomic E-state index is 0.237. The van der Waals surface area contributed by atoms with Crippen LogP contribution in [0.4, 0.5) is 0 Å². The molecule has 6 nitrogen and oxygen atoms in total. The summed E-state index contributed by atoms with van der Waals surface area (Å²) in [7, 11) is 0. The Morgan fingerprint density at radius 3 is 2.65 bits per heavy atom. The molecule has 0 radical (unpaired) electrons. The van der Waals surface area contributed by atoms with Crippen LogP contribution in [0.1, 0.15) is 43.6 Å². The molecule has 2 aromatic heterocycles. The van der Waals surface area contributed by atoms with Crippen LogP contribution in [0.15, 0.2) is 38.3 Å². The van der Waals surface area contributed by atoms with Crippen molar-refractivity contribution in [1.82, 2.24) is 10.6 Å². The van der Waals surface area contributed by atoms with Gasteiger partial charge in [0, 0.05) is 25.1 Å². The molecule has 0 saturated heterocycles. The number of aliphatic hydroxyl groups is 1. The number of nitrogens with zero attached hydrogens (tertiary/aromatic N) is 1. The number of aryl methyl sites for hydroxylation is 2. The average molecular weight is 361 g/mol. The Bertz CT molecular complexity index is 700. The van der Waals surface area contributed by atoms with Gasteiger partial charge in [-0.1, -0.05) is 13.8 Å². The Morgan fingerprint density at radius 2 is 2.08 bits per heavy atom. The predicted octanol–water partition coefficient (Wildman–Crippen LogP) is 3.13. The van der Waals surface area contributed by atoms with Gasteiger partial charge in [0.1, 0.15) is 22.9 Å². The number of hydrogen-bond acceptors (Lipinski definition) is 4. The second kappa shape index (κ2) is 8.94. The lowest BCUT2D eigenvalue weighted by molar-refractivity contribution is 0.0657. The summed E-state index contributed by atoms with van der Waals surface area (Å²) in [6, 6.07) is 5.71. The van der Waals surface area contributed by atoms with Crippen molar-refractivity contribution in [2.75, 3.05) is 19.6 Å². The largest absolute Gasteiger partial charge is 0.469 e. The molecule has 0 aromatic carbocycles. The van der Waals surface area contributed by atoms with Gasteiger partial charge in [-0.05, 0) is 44.9 Å². The molecule has 0 amide bonds. The highest BCUT2D eigenvalue weighted by molar-refractivity contribution is 5.79. The van der Waals surface area contributed by atoms with Gasteiger partial charge >= 0.3 is 0 Å². The van der Waals surface area contributed by atoms with E-state index < -0.39 is 5.60 Å². The fraction of sp³-hybridized carbons (Fsp3) is 0.550. The van der Waals surface area contributed by atoms with Gasteiger partial charge < -0.3 is 24.6 Å². The van der Waals surface area contributed by atoms with Crippen molar-refractivity contribution in [2.24, 2.45) is 10.9 Å². The van der Waals surface area contributed by atoms with E-state index in [0.717, 1.165) is 35.8 Å². The molecule has 2 aromatic rings. The van der Waals surface area contributed by atoms with Gasteiger partial charge in [-0.25, -0.2) is 4.99 Å².